The summed E-state index contributed by atoms with van der Waals surface area (Å²) in [7, 11) is 0. The number of aliphatic imine (C=N–C) groups is 1. The number of hydrogen-bond donors (Lipinski definition) is 0. The maximum atomic E-state index is 5.70. The molecule has 0 aliphatic heterocycles. The molecule has 0 saturated heterocycles. The van der Waals surface area contributed by atoms with Gasteiger partial charge in [0.2, 0.25) is 0 Å². The lowest BCUT2D eigenvalue weighted by molar-refractivity contribution is 1.06. The van der Waals surface area contributed by atoms with Crippen LogP contribution < -0.4 is 0 Å². The second kappa shape index (κ2) is 3.32. The van der Waals surface area contributed by atoms with E-state index in [1.807, 2.05) is 12.1 Å². The van der Waals surface area contributed by atoms with Gasteiger partial charge in [0, 0.05) is 11.8 Å². The fourth-order valence-electron chi connectivity index (χ4n) is 0.658. The normalized spacial score (nSPS) is 9.30. The molecule has 1 rings (SSSR count). The van der Waals surface area contributed by atoms with Crippen molar-refractivity contribution >= 4 is 18.3 Å². The van der Waals surface area contributed by atoms with Crippen LogP contribution in [0.2, 0.25) is 5.15 Å². The first-order valence-corrected chi connectivity index (χ1v) is 3.24. The molecular formula is C7H7ClN2. The molecule has 2 nitrogen and oxygen atoms in total. The monoisotopic (exact) mass is 154 g/mol. The maximum Gasteiger partial charge on any atom is 0.134 e. The van der Waals surface area contributed by atoms with E-state index >= 15 is 0 Å². The van der Waals surface area contributed by atoms with Crippen molar-refractivity contribution < 1.29 is 0 Å². The Hall–Kier alpha value is -0.890. The average molecular weight is 155 g/mol. The average Bonchev–Trinajstić information content (AvgIpc) is 1.94. The predicted octanol–water partition coefficient (Wildman–Crippen LogP) is 1.94. The number of pyridine rings is 1. The minimum Gasteiger partial charge on any atom is -0.296 e. The Bertz CT molecular complexity index is 235. The Morgan fingerprint density at radius 3 is 3.10 bits per heavy atom. The van der Waals surface area contributed by atoms with Crippen molar-refractivity contribution in [3.63, 3.8) is 0 Å². The van der Waals surface area contributed by atoms with E-state index in [9.17, 15) is 0 Å². The number of halogens is 1. The second-order valence-electron chi connectivity index (χ2n) is 1.84. The van der Waals surface area contributed by atoms with Gasteiger partial charge in [0.15, 0.2) is 0 Å². The largest absolute Gasteiger partial charge is 0.296 e. The topological polar surface area (TPSA) is 25.2 Å². The molecule has 52 valence electrons. The van der Waals surface area contributed by atoms with E-state index in [-0.39, 0.29) is 0 Å². The number of aromatic nitrogens is 1. The van der Waals surface area contributed by atoms with Crippen molar-refractivity contribution in [1.82, 2.24) is 4.98 Å². The van der Waals surface area contributed by atoms with Gasteiger partial charge in [0.1, 0.15) is 5.15 Å². The van der Waals surface area contributed by atoms with Crippen molar-refractivity contribution in [2.45, 2.75) is 6.54 Å². The van der Waals surface area contributed by atoms with Gasteiger partial charge < -0.3 is 0 Å². The van der Waals surface area contributed by atoms with Crippen LogP contribution in [0.5, 0.6) is 0 Å². The van der Waals surface area contributed by atoms with E-state index in [1.54, 1.807) is 6.20 Å². The zero-order valence-electron chi connectivity index (χ0n) is 5.42. The quantitative estimate of drug-likeness (QED) is 0.472. The molecule has 3 heteroatoms. The lowest BCUT2D eigenvalue weighted by Crippen LogP contribution is -1.84. The van der Waals surface area contributed by atoms with Crippen molar-refractivity contribution in [3.8, 4) is 0 Å². The SMILES string of the molecule is C=NCc1cccnc1Cl. The van der Waals surface area contributed by atoms with E-state index in [2.05, 4.69) is 16.7 Å². The molecule has 0 N–H and O–H groups in total. The van der Waals surface area contributed by atoms with Gasteiger partial charge in [-0.3, -0.25) is 4.99 Å². The predicted molar refractivity (Wildman–Crippen MR) is 42.5 cm³/mol. The molecule has 1 aromatic heterocycles. The highest BCUT2D eigenvalue weighted by Crippen LogP contribution is 2.11. The van der Waals surface area contributed by atoms with Crippen molar-refractivity contribution in [2.75, 3.05) is 0 Å². The zero-order valence-corrected chi connectivity index (χ0v) is 6.17. The molecule has 0 spiro atoms. The molecule has 1 aromatic rings. The van der Waals surface area contributed by atoms with Crippen LogP contribution in [-0.2, 0) is 6.54 Å². The van der Waals surface area contributed by atoms with Crippen LogP contribution in [0.3, 0.4) is 0 Å². The number of nitrogens with zero attached hydrogens (tertiary/aromatic N) is 2. The van der Waals surface area contributed by atoms with Crippen molar-refractivity contribution in [2.24, 2.45) is 4.99 Å². The Morgan fingerprint density at radius 2 is 2.50 bits per heavy atom. The summed E-state index contributed by atoms with van der Waals surface area (Å²) < 4.78 is 0. The van der Waals surface area contributed by atoms with Crippen LogP contribution in [0.15, 0.2) is 23.3 Å². The van der Waals surface area contributed by atoms with Crippen LogP contribution in [0.1, 0.15) is 5.56 Å². The molecular weight excluding hydrogens is 148 g/mol. The van der Waals surface area contributed by atoms with E-state index in [0.29, 0.717) is 11.7 Å². The van der Waals surface area contributed by atoms with Crippen LogP contribution in [0.4, 0.5) is 0 Å². The highest BCUT2D eigenvalue weighted by molar-refractivity contribution is 6.30. The van der Waals surface area contributed by atoms with Crippen molar-refractivity contribution in [1.29, 1.82) is 0 Å². The van der Waals surface area contributed by atoms with Gasteiger partial charge in [-0.25, -0.2) is 4.98 Å². The standard InChI is InChI=1S/C7H7ClN2/c1-9-5-6-3-2-4-10-7(6)8/h2-4H,1,5H2. The van der Waals surface area contributed by atoms with Crippen molar-refractivity contribution in [3.05, 3.63) is 29.0 Å². The molecule has 10 heavy (non-hydrogen) atoms. The van der Waals surface area contributed by atoms with E-state index in [4.69, 9.17) is 11.6 Å². The van der Waals surface area contributed by atoms with E-state index in [0.717, 1.165) is 5.56 Å². The molecule has 0 fully saturated rings. The molecule has 0 bridgehead atoms. The Labute approximate surface area is 64.6 Å². The highest BCUT2D eigenvalue weighted by Gasteiger charge is 1.95. The summed E-state index contributed by atoms with van der Waals surface area (Å²) in [5.74, 6) is 0. The minimum absolute atomic E-state index is 0.509. The fraction of sp³-hybridized carbons (Fsp3) is 0.143. The summed E-state index contributed by atoms with van der Waals surface area (Å²) in [5, 5.41) is 0.509. The number of hydrogen-bond acceptors (Lipinski definition) is 2. The first-order chi connectivity index (χ1) is 4.84. The molecule has 0 radical (unpaired) electrons. The highest BCUT2D eigenvalue weighted by atomic mass is 35.5. The lowest BCUT2D eigenvalue weighted by Gasteiger charge is -1.95. The first-order valence-electron chi connectivity index (χ1n) is 2.86. The summed E-state index contributed by atoms with van der Waals surface area (Å²) >= 11 is 5.70. The fourth-order valence-corrected chi connectivity index (χ4v) is 0.837. The molecule has 0 aromatic carbocycles. The van der Waals surface area contributed by atoms with Crippen LogP contribution >= 0.6 is 11.6 Å². The lowest BCUT2D eigenvalue weighted by atomic mass is 10.3. The van der Waals surface area contributed by atoms with Crippen LogP contribution in [0, 0.1) is 0 Å². The molecule has 0 unspecified atom stereocenters. The van der Waals surface area contributed by atoms with Gasteiger partial charge in [-0.15, -0.1) is 0 Å². The van der Waals surface area contributed by atoms with Crippen LogP contribution in [0.25, 0.3) is 0 Å². The van der Waals surface area contributed by atoms with Gasteiger partial charge in [-0.2, -0.15) is 0 Å². The molecule has 0 amide bonds. The summed E-state index contributed by atoms with van der Waals surface area (Å²) in [6.07, 6.45) is 1.65. The zero-order chi connectivity index (χ0) is 7.40. The van der Waals surface area contributed by atoms with Gasteiger partial charge in [0.25, 0.3) is 0 Å². The van der Waals surface area contributed by atoms with E-state index < -0.39 is 0 Å². The Balaban J connectivity index is 2.91. The Morgan fingerprint density at radius 1 is 1.70 bits per heavy atom. The Kier molecular flexibility index (Phi) is 2.40. The summed E-state index contributed by atoms with van der Waals surface area (Å²) in [6, 6.07) is 3.70. The molecule has 1 heterocycles. The third-order valence-corrected chi connectivity index (χ3v) is 1.46. The maximum absolute atomic E-state index is 5.70. The smallest absolute Gasteiger partial charge is 0.134 e. The third-order valence-electron chi connectivity index (χ3n) is 1.12. The minimum atomic E-state index is 0.509. The molecule has 0 atom stereocenters. The summed E-state index contributed by atoms with van der Waals surface area (Å²) in [4.78, 5) is 7.57. The summed E-state index contributed by atoms with van der Waals surface area (Å²) in [6.45, 7) is 3.90. The second-order valence-corrected chi connectivity index (χ2v) is 2.19. The molecule has 0 aliphatic rings. The third kappa shape index (κ3) is 1.54. The molecule has 0 aliphatic carbocycles. The number of rotatable bonds is 2. The summed E-state index contributed by atoms with van der Waals surface area (Å²) in [5.41, 5.74) is 0.916. The van der Waals surface area contributed by atoms with Crippen LogP contribution in [-0.4, -0.2) is 11.7 Å². The van der Waals surface area contributed by atoms with Gasteiger partial charge in [0.05, 0.1) is 6.54 Å². The van der Waals surface area contributed by atoms with Gasteiger partial charge in [-0.1, -0.05) is 17.7 Å². The molecule has 0 saturated carbocycles. The van der Waals surface area contributed by atoms with E-state index in [1.165, 1.54) is 0 Å². The van der Waals surface area contributed by atoms with Gasteiger partial charge >= 0.3 is 0 Å². The van der Waals surface area contributed by atoms with Gasteiger partial charge in [-0.05, 0) is 12.8 Å². The first kappa shape index (κ1) is 7.22.